The van der Waals surface area contributed by atoms with Crippen LogP contribution in [0.3, 0.4) is 0 Å². The van der Waals surface area contributed by atoms with Crippen LogP contribution in [0.4, 0.5) is 4.39 Å². The number of benzene rings is 2. The second-order valence-electron chi connectivity index (χ2n) is 5.89. The van der Waals surface area contributed by atoms with Crippen LogP contribution in [0.25, 0.3) is 0 Å². The Labute approximate surface area is 140 Å². The van der Waals surface area contributed by atoms with Crippen LogP contribution >= 0.6 is 0 Å². The van der Waals surface area contributed by atoms with Crippen molar-refractivity contribution in [2.24, 2.45) is 0 Å². The van der Waals surface area contributed by atoms with Crippen molar-refractivity contribution in [3.8, 4) is 0 Å². The summed E-state index contributed by atoms with van der Waals surface area (Å²) in [7, 11) is 0. The average Bonchev–Trinajstić information content (AvgIpc) is 3.00. The van der Waals surface area contributed by atoms with Crippen molar-refractivity contribution >= 4 is 11.8 Å². The standard InChI is InChI=1S/C19H19FN2O2/c20-16-9-4-8-15(12-16)19(24)21-17(14-6-2-1-3-7-14)13-22-11-5-10-18(22)23/h1-4,6-9,12,17H,5,10-11,13H2,(H,21,24)/t17-/m0/s1. The fraction of sp³-hybridized carbons (Fsp3) is 0.263. The molecule has 2 amide bonds. The van der Waals surface area contributed by atoms with Gasteiger partial charge in [-0.2, -0.15) is 0 Å². The first-order valence-corrected chi connectivity index (χ1v) is 8.02. The van der Waals surface area contributed by atoms with Crippen molar-refractivity contribution in [2.45, 2.75) is 18.9 Å². The van der Waals surface area contributed by atoms with Crippen LogP contribution in [-0.4, -0.2) is 29.8 Å². The van der Waals surface area contributed by atoms with Gasteiger partial charge >= 0.3 is 0 Å². The first kappa shape index (κ1) is 16.2. The van der Waals surface area contributed by atoms with E-state index in [0.29, 0.717) is 19.5 Å². The van der Waals surface area contributed by atoms with Crippen LogP contribution in [-0.2, 0) is 4.79 Å². The molecule has 0 radical (unpaired) electrons. The molecular formula is C19H19FN2O2. The Morgan fingerprint density at radius 2 is 1.96 bits per heavy atom. The molecule has 0 unspecified atom stereocenters. The summed E-state index contributed by atoms with van der Waals surface area (Å²) >= 11 is 0. The molecule has 124 valence electrons. The van der Waals surface area contributed by atoms with Crippen LogP contribution in [0.2, 0.25) is 0 Å². The van der Waals surface area contributed by atoms with Gasteiger partial charge in [0.2, 0.25) is 5.91 Å². The van der Waals surface area contributed by atoms with E-state index in [9.17, 15) is 14.0 Å². The summed E-state index contributed by atoms with van der Waals surface area (Å²) in [5.41, 5.74) is 1.19. The van der Waals surface area contributed by atoms with Gasteiger partial charge in [0, 0.05) is 25.1 Å². The van der Waals surface area contributed by atoms with E-state index >= 15 is 0 Å². The maximum atomic E-state index is 13.3. The minimum Gasteiger partial charge on any atom is -0.343 e. The van der Waals surface area contributed by atoms with E-state index in [1.807, 2.05) is 30.3 Å². The number of likely N-dealkylation sites (tertiary alicyclic amines) is 1. The topological polar surface area (TPSA) is 49.4 Å². The lowest BCUT2D eigenvalue weighted by atomic mass is 10.1. The molecular weight excluding hydrogens is 307 g/mol. The van der Waals surface area contributed by atoms with Gasteiger partial charge in [-0.1, -0.05) is 36.4 Å². The summed E-state index contributed by atoms with van der Waals surface area (Å²) < 4.78 is 13.3. The van der Waals surface area contributed by atoms with Crippen molar-refractivity contribution in [3.63, 3.8) is 0 Å². The van der Waals surface area contributed by atoms with Crippen molar-refractivity contribution < 1.29 is 14.0 Å². The molecule has 1 saturated heterocycles. The van der Waals surface area contributed by atoms with Gasteiger partial charge in [-0.25, -0.2) is 4.39 Å². The number of hydrogen-bond acceptors (Lipinski definition) is 2. The highest BCUT2D eigenvalue weighted by atomic mass is 19.1. The van der Waals surface area contributed by atoms with E-state index < -0.39 is 5.82 Å². The summed E-state index contributed by atoms with van der Waals surface area (Å²) in [5.74, 6) is -0.695. The number of amides is 2. The van der Waals surface area contributed by atoms with Crippen LogP contribution < -0.4 is 5.32 Å². The highest BCUT2D eigenvalue weighted by Gasteiger charge is 2.25. The SMILES string of the molecule is O=C(N[C@@H](CN1CCCC1=O)c1ccccc1)c1cccc(F)c1. The van der Waals surface area contributed by atoms with Crippen LogP contribution in [0.5, 0.6) is 0 Å². The molecule has 2 aromatic carbocycles. The molecule has 1 heterocycles. The molecule has 3 rings (SSSR count). The molecule has 0 bridgehead atoms. The third kappa shape index (κ3) is 3.79. The minimum absolute atomic E-state index is 0.107. The van der Waals surface area contributed by atoms with Gasteiger partial charge in [0.15, 0.2) is 0 Å². The van der Waals surface area contributed by atoms with Gasteiger partial charge < -0.3 is 10.2 Å². The first-order valence-electron chi connectivity index (χ1n) is 8.02. The van der Waals surface area contributed by atoms with Crippen molar-refractivity contribution in [1.29, 1.82) is 0 Å². The van der Waals surface area contributed by atoms with Gasteiger partial charge in [-0.15, -0.1) is 0 Å². The monoisotopic (exact) mass is 326 g/mol. The Bertz CT molecular complexity index is 733. The second-order valence-corrected chi connectivity index (χ2v) is 5.89. The Morgan fingerprint density at radius 3 is 2.62 bits per heavy atom. The fourth-order valence-electron chi connectivity index (χ4n) is 2.91. The predicted octanol–water partition coefficient (Wildman–Crippen LogP) is 2.92. The summed E-state index contributed by atoms with van der Waals surface area (Å²) in [4.78, 5) is 26.1. The lowest BCUT2D eigenvalue weighted by molar-refractivity contribution is -0.128. The molecule has 24 heavy (non-hydrogen) atoms. The van der Waals surface area contributed by atoms with Crippen LogP contribution in [0, 0.1) is 5.82 Å². The molecule has 1 aliphatic heterocycles. The quantitative estimate of drug-likeness (QED) is 0.918. The number of rotatable bonds is 5. The van der Waals surface area contributed by atoms with Gasteiger partial charge in [0.05, 0.1) is 6.04 Å². The average molecular weight is 326 g/mol. The molecule has 2 aromatic rings. The minimum atomic E-state index is -0.450. The van der Waals surface area contributed by atoms with Crippen LogP contribution in [0.1, 0.15) is 34.8 Å². The first-order chi connectivity index (χ1) is 11.6. The molecule has 0 saturated carbocycles. The third-order valence-electron chi connectivity index (χ3n) is 4.17. The lowest BCUT2D eigenvalue weighted by Gasteiger charge is -2.25. The largest absolute Gasteiger partial charge is 0.343 e. The highest BCUT2D eigenvalue weighted by molar-refractivity contribution is 5.94. The van der Waals surface area contributed by atoms with E-state index in [2.05, 4.69) is 5.32 Å². The number of hydrogen-bond donors (Lipinski definition) is 1. The Hall–Kier alpha value is -2.69. The van der Waals surface area contributed by atoms with Gasteiger partial charge in [0.1, 0.15) is 5.82 Å². The summed E-state index contributed by atoms with van der Waals surface area (Å²) in [6.07, 6.45) is 1.40. The number of nitrogens with zero attached hydrogens (tertiary/aromatic N) is 1. The summed E-state index contributed by atoms with van der Waals surface area (Å²) in [6, 6.07) is 14.8. The normalized spacial score (nSPS) is 15.4. The van der Waals surface area contributed by atoms with Crippen molar-refractivity contribution in [2.75, 3.05) is 13.1 Å². The maximum absolute atomic E-state index is 13.3. The van der Waals surface area contributed by atoms with Crippen molar-refractivity contribution in [3.05, 3.63) is 71.5 Å². The number of carbonyl (C=O) groups excluding carboxylic acids is 2. The number of carbonyl (C=O) groups is 2. The molecule has 1 N–H and O–H groups in total. The summed E-state index contributed by atoms with van der Waals surface area (Å²) in [5, 5.41) is 2.92. The number of nitrogens with one attached hydrogen (secondary N) is 1. The van der Waals surface area contributed by atoms with Crippen LogP contribution in [0.15, 0.2) is 54.6 Å². The maximum Gasteiger partial charge on any atom is 0.251 e. The van der Waals surface area contributed by atoms with Gasteiger partial charge in [0.25, 0.3) is 5.91 Å². The van der Waals surface area contributed by atoms with E-state index in [4.69, 9.17) is 0 Å². The Balaban J connectivity index is 1.79. The molecule has 1 aliphatic rings. The third-order valence-corrected chi connectivity index (χ3v) is 4.17. The molecule has 1 fully saturated rings. The zero-order valence-electron chi connectivity index (χ0n) is 13.2. The van der Waals surface area contributed by atoms with E-state index in [-0.39, 0.29) is 23.4 Å². The Morgan fingerprint density at radius 1 is 1.17 bits per heavy atom. The molecule has 5 heteroatoms. The molecule has 0 spiro atoms. The molecule has 1 atom stereocenters. The predicted molar refractivity (Wildman–Crippen MR) is 88.9 cm³/mol. The van der Waals surface area contributed by atoms with E-state index in [1.54, 1.807) is 11.0 Å². The van der Waals surface area contributed by atoms with Crippen molar-refractivity contribution in [1.82, 2.24) is 10.2 Å². The molecule has 0 aromatic heterocycles. The zero-order valence-corrected chi connectivity index (χ0v) is 13.2. The highest BCUT2D eigenvalue weighted by Crippen LogP contribution is 2.19. The van der Waals surface area contributed by atoms with E-state index in [1.165, 1.54) is 18.2 Å². The van der Waals surface area contributed by atoms with Gasteiger partial charge in [-0.05, 0) is 30.2 Å². The smallest absolute Gasteiger partial charge is 0.251 e. The molecule has 4 nitrogen and oxygen atoms in total. The second kappa shape index (κ2) is 7.25. The lowest BCUT2D eigenvalue weighted by Crippen LogP contribution is -2.38. The number of halogens is 1. The fourth-order valence-corrected chi connectivity index (χ4v) is 2.91. The zero-order chi connectivity index (χ0) is 16.9. The van der Waals surface area contributed by atoms with Gasteiger partial charge in [-0.3, -0.25) is 9.59 Å². The Kier molecular flexibility index (Phi) is 4.89. The summed E-state index contributed by atoms with van der Waals surface area (Å²) in [6.45, 7) is 1.13. The van der Waals surface area contributed by atoms with E-state index in [0.717, 1.165) is 12.0 Å². The molecule has 0 aliphatic carbocycles.